The molecule has 8 saturated carbocycles. The summed E-state index contributed by atoms with van der Waals surface area (Å²) in [5.41, 5.74) is 0. The molecule has 3 saturated heterocycles. The zero-order valence-electron chi connectivity index (χ0n) is 32.5. The summed E-state index contributed by atoms with van der Waals surface area (Å²) in [6.45, 7) is 9.63. The summed E-state index contributed by atoms with van der Waals surface area (Å²) in [6.07, 6.45) is 19.0. The molecule has 0 spiro atoms. The number of fused-ring (bicyclic) bond motifs is 14. The fourth-order valence-corrected chi connectivity index (χ4v) is 39.3. The average molecular weight is 789 g/mol. The van der Waals surface area contributed by atoms with E-state index < -0.39 is 34.2 Å². The Morgan fingerprint density at radius 2 is 0.731 bits per heavy atom. The van der Waals surface area contributed by atoms with Crippen LogP contribution in [-0.4, -0.2) is 81.1 Å². The Labute approximate surface area is 317 Å². The molecule has 52 heavy (non-hydrogen) atoms. The van der Waals surface area contributed by atoms with Crippen LogP contribution in [-0.2, 0) is 25.9 Å². The van der Waals surface area contributed by atoms with E-state index in [1.54, 1.807) is 0 Å². The Bertz CT molecular complexity index is 1290. The van der Waals surface area contributed by atoms with Crippen LogP contribution < -0.4 is 0 Å². The van der Waals surface area contributed by atoms with Crippen molar-refractivity contribution >= 4 is 34.2 Å². The van der Waals surface area contributed by atoms with Gasteiger partial charge in [0.2, 0.25) is 0 Å². The molecule has 12 heteroatoms. The number of aliphatic hydroxyl groups excluding tert-OH is 2. The third kappa shape index (κ3) is 6.28. The largest absolute Gasteiger partial charge is 0.416 e. The average Bonchev–Trinajstić information content (AvgIpc) is 3.46. The predicted octanol–water partition coefficient (Wildman–Crippen LogP) is 7.58. The standard InChI is InChI=1S/C40H68O8Si4/c1-49(9-5-23-13-29-17-27(23)21-35(29)41)45-51(3,11-7-25-15-31-19-33(25)39-37(31)43-39)47-50(2,10-6-24-14-30-18-28(24)22-36(30)42)48-52(4,46-49)12-8-26-16-32-20-34(26)40-38(32)44-40/h23-42H,5-22H2,1-4H3. The van der Waals surface area contributed by atoms with Gasteiger partial charge in [-0.25, -0.2) is 0 Å². The first kappa shape index (κ1) is 35.7. The highest BCUT2D eigenvalue weighted by Crippen LogP contribution is 2.62. The van der Waals surface area contributed by atoms with Crippen LogP contribution in [0.2, 0.25) is 50.4 Å². The Kier molecular flexibility index (Phi) is 8.60. The van der Waals surface area contributed by atoms with Gasteiger partial charge in [-0.3, -0.25) is 0 Å². The van der Waals surface area contributed by atoms with Crippen molar-refractivity contribution in [2.45, 2.75) is 177 Å². The molecule has 18 unspecified atom stereocenters. The third-order valence-electron chi connectivity index (χ3n) is 18.0. The lowest BCUT2D eigenvalue weighted by Gasteiger charge is -2.51. The van der Waals surface area contributed by atoms with E-state index in [-0.39, 0.29) is 12.2 Å². The summed E-state index contributed by atoms with van der Waals surface area (Å²) in [4.78, 5) is 0. The van der Waals surface area contributed by atoms with E-state index in [0.29, 0.717) is 59.9 Å². The lowest BCUT2D eigenvalue weighted by molar-refractivity contribution is 0.0936. The fraction of sp³-hybridized carbons (Fsp3) is 1.00. The predicted molar refractivity (Wildman–Crippen MR) is 206 cm³/mol. The first-order valence-corrected chi connectivity index (χ1v) is 32.4. The maximum atomic E-state index is 10.5. The number of rotatable bonds is 12. The molecule has 18 atom stereocenters. The molecular weight excluding hydrogens is 721 g/mol. The van der Waals surface area contributed by atoms with Gasteiger partial charge in [0, 0.05) is 0 Å². The molecule has 0 aromatic heterocycles. The summed E-state index contributed by atoms with van der Waals surface area (Å²) < 4.78 is 43.3. The summed E-state index contributed by atoms with van der Waals surface area (Å²) in [5, 5.41) is 21.1. The first-order valence-electron chi connectivity index (χ1n) is 22.3. The number of ether oxygens (including phenoxy) is 2. The lowest BCUT2D eigenvalue weighted by atomic mass is 9.86. The van der Waals surface area contributed by atoms with Crippen LogP contribution in [0, 0.1) is 71.0 Å². The summed E-state index contributed by atoms with van der Waals surface area (Å²) >= 11 is 0. The molecule has 11 fully saturated rings. The van der Waals surface area contributed by atoms with E-state index in [0.717, 1.165) is 85.4 Å². The van der Waals surface area contributed by atoms with Crippen LogP contribution in [0.1, 0.15) is 89.9 Å². The van der Waals surface area contributed by atoms with Gasteiger partial charge >= 0.3 is 34.2 Å². The highest BCUT2D eigenvalue weighted by atomic mass is 28.5. The van der Waals surface area contributed by atoms with Gasteiger partial charge in [-0.05, 0) is 211 Å². The molecule has 8 bridgehead atoms. The zero-order chi connectivity index (χ0) is 35.4. The molecule has 11 rings (SSSR count). The van der Waals surface area contributed by atoms with Crippen molar-refractivity contribution in [1.82, 2.24) is 0 Å². The van der Waals surface area contributed by atoms with Gasteiger partial charge in [0.1, 0.15) is 0 Å². The molecular formula is C40H68O8Si4. The normalized spacial score (nSPS) is 61.7. The minimum atomic E-state index is -2.67. The van der Waals surface area contributed by atoms with E-state index in [4.69, 9.17) is 25.9 Å². The van der Waals surface area contributed by atoms with Crippen LogP contribution in [0.3, 0.4) is 0 Å². The van der Waals surface area contributed by atoms with Crippen LogP contribution in [0.25, 0.3) is 0 Å². The van der Waals surface area contributed by atoms with Gasteiger partial charge < -0.3 is 36.1 Å². The Morgan fingerprint density at radius 3 is 1.02 bits per heavy atom. The van der Waals surface area contributed by atoms with Crippen molar-refractivity contribution in [3.8, 4) is 0 Å². The van der Waals surface area contributed by atoms with Gasteiger partial charge in [-0.15, -0.1) is 0 Å². The maximum Gasteiger partial charge on any atom is 0.317 e. The Balaban J connectivity index is 0.850. The van der Waals surface area contributed by atoms with Gasteiger partial charge in [0.05, 0.1) is 36.6 Å². The molecule has 292 valence electrons. The van der Waals surface area contributed by atoms with Crippen LogP contribution in [0.5, 0.6) is 0 Å². The highest BCUT2D eigenvalue weighted by Gasteiger charge is 2.65. The van der Waals surface area contributed by atoms with Crippen molar-refractivity contribution in [2.75, 3.05) is 0 Å². The summed E-state index contributed by atoms with van der Waals surface area (Å²) in [7, 11) is -10.7. The fourth-order valence-electron chi connectivity index (χ4n) is 15.7. The van der Waals surface area contributed by atoms with Gasteiger partial charge in [0.15, 0.2) is 0 Å². The monoisotopic (exact) mass is 788 g/mol. The molecule has 11 aliphatic rings. The van der Waals surface area contributed by atoms with E-state index >= 15 is 0 Å². The van der Waals surface area contributed by atoms with E-state index in [1.165, 1.54) is 64.2 Å². The second-order valence-corrected chi connectivity index (χ2v) is 36.0. The zero-order valence-corrected chi connectivity index (χ0v) is 36.5. The minimum Gasteiger partial charge on any atom is -0.416 e. The second-order valence-electron chi connectivity index (χ2n) is 21.6. The third-order valence-corrected chi connectivity index (χ3v) is 36.6. The van der Waals surface area contributed by atoms with Gasteiger partial charge in [-0.2, -0.15) is 0 Å². The SMILES string of the molecule is C[Si]1(CCC2CC3CC2CC3O)O[Si](C)(CCC2CC3CC2C2OC32)O[Si](C)(CCC2CC3CC2CC3O)O[Si](C)(CCC2CC3CC2C2OC32)O1. The summed E-state index contributed by atoms with van der Waals surface area (Å²) in [5.74, 6) is 8.32. The second kappa shape index (κ2) is 12.5. The molecule has 0 amide bonds. The van der Waals surface area contributed by atoms with Crippen molar-refractivity contribution in [3.63, 3.8) is 0 Å². The smallest absolute Gasteiger partial charge is 0.317 e. The first-order chi connectivity index (χ1) is 24.8. The topological polar surface area (TPSA) is 102 Å². The molecule has 0 aromatic carbocycles. The molecule has 0 radical (unpaired) electrons. The Hall–Kier alpha value is 0.548. The maximum absolute atomic E-state index is 10.5. The molecule has 3 heterocycles. The van der Waals surface area contributed by atoms with Crippen LogP contribution in [0.15, 0.2) is 0 Å². The van der Waals surface area contributed by atoms with Crippen molar-refractivity contribution in [1.29, 1.82) is 0 Å². The van der Waals surface area contributed by atoms with Crippen molar-refractivity contribution in [3.05, 3.63) is 0 Å². The van der Waals surface area contributed by atoms with Crippen molar-refractivity contribution in [2.24, 2.45) is 71.0 Å². The van der Waals surface area contributed by atoms with Crippen LogP contribution >= 0.6 is 0 Å². The molecule has 3 aliphatic heterocycles. The molecule has 0 aromatic rings. The summed E-state index contributed by atoms with van der Waals surface area (Å²) in [6, 6.07) is 4.14. The molecule has 8 nitrogen and oxygen atoms in total. The number of epoxide rings is 2. The van der Waals surface area contributed by atoms with Gasteiger partial charge in [0.25, 0.3) is 0 Å². The number of aliphatic hydroxyl groups is 2. The lowest BCUT2D eigenvalue weighted by Crippen LogP contribution is -2.67. The number of hydrogen-bond donors (Lipinski definition) is 2. The van der Waals surface area contributed by atoms with E-state index in [9.17, 15) is 10.2 Å². The molecule has 8 aliphatic carbocycles. The number of hydrogen-bond acceptors (Lipinski definition) is 8. The quantitative estimate of drug-likeness (QED) is 0.154. The van der Waals surface area contributed by atoms with E-state index in [1.807, 2.05) is 0 Å². The van der Waals surface area contributed by atoms with Crippen molar-refractivity contribution < 1.29 is 36.1 Å². The minimum absolute atomic E-state index is 0.0763. The Morgan fingerprint density at radius 1 is 0.385 bits per heavy atom. The van der Waals surface area contributed by atoms with E-state index in [2.05, 4.69) is 26.2 Å². The molecule has 2 N–H and O–H groups in total. The van der Waals surface area contributed by atoms with Crippen LogP contribution in [0.4, 0.5) is 0 Å². The highest BCUT2D eigenvalue weighted by molar-refractivity contribution is 6.93. The van der Waals surface area contributed by atoms with Gasteiger partial charge in [-0.1, -0.05) is 0 Å².